The third-order valence-electron chi connectivity index (χ3n) is 3.83. The lowest BCUT2D eigenvalue weighted by atomic mass is 10.1. The Morgan fingerprint density at radius 2 is 2.04 bits per heavy atom. The number of nitrogens with zero attached hydrogens (tertiary/aromatic N) is 5. The quantitative estimate of drug-likeness (QED) is 0.553. The van der Waals surface area contributed by atoms with Crippen molar-refractivity contribution in [3.63, 3.8) is 0 Å². The van der Waals surface area contributed by atoms with E-state index in [4.69, 9.17) is 0 Å². The predicted molar refractivity (Wildman–Crippen MR) is 100 cm³/mol. The number of amides is 1. The van der Waals surface area contributed by atoms with Crippen LogP contribution in [0, 0.1) is 0 Å². The van der Waals surface area contributed by atoms with Gasteiger partial charge < -0.3 is 5.11 Å². The topological polar surface area (TPSA) is 106 Å². The summed E-state index contributed by atoms with van der Waals surface area (Å²) in [5, 5.41) is 24.2. The first-order valence-corrected chi connectivity index (χ1v) is 8.87. The Morgan fingerprint density at radius 1 is 1.19 bits per heavy atom. The minimum atomic E-state index is -0.434. The fourth-order valence-corrected chi connectivity index (χ4v) is 3.38. The molecule has 8 nitrogen and oxygen atoms in total. The third kappa shape index (κ3) is 3.82. The SMILES string of the molecule is O=C(Nc1ncc(Cc2ccccc2)s1)c1ccc(-n2cnnn2)cc1O. The van der Waals surface area contributed by atoms with Gasteiger partial charge in [-0.15, -0.1) is 16.4 Å². The number of phenolic OH excluding ortho intramolecular Hbond substituents is 1. The lowest BCUT2D eigenvalue weighted by molar-refractivity contribution is 0.102. The number of anilines is 1. The van der Waals surface area contributed by atoms with Crippen LogP contribution in [0.1, 0.15) is 20.8 Å². The second-order valence-electron chi connectivity index (χ2n) is 5.70. The third-order valence-corrected chi connectivity index (χ3v) is 4.75. The lowest BCUT2D eigenvalue weighted by Gasteiger charge is -2.06. The van der Waals surface area contributed by atoms with Crippen LogP contribution in [-0.4, -0.2) is 36.2 Å². The average molecular weight is 378 g/mol. The molecule has 4 rings (SSSR count). The molecular weight excluding hydrogens is 364 g/mol. The number of carbonyl (C=O) groups excluding carboxylic acids is 1. The number of aromatic nitrogens is 5. The minimum Gasteiger partial charge on any atom is -0.507 e. The molecule has 2 aromatic carbocycles. The molecule has 4 aromatic rings. The van der Waals surface area contributed by atoms with Crippen molar-refractivity contribution in [2.45, 2.75) is 6.42 Å². The van der Waals surface area contributed by atoms with Gasteiger partial charge in [-0.2, -0.15) is 0 Å². The van der Waals surface area contributed by atoms with Crippen LogP contribution in [0.5, 0.6) is 5.75 Å². The largest absolute Gasteiger partial charge is 0.507 e. The van der Waals surface area contributed by atoms with Gasteiger partial charge in [0.1, 0.15) is 12.1 Å². The van der Waals surface area contributed by atoms with E-state index in [-0.39, 0.29) is 11.3 Å². The van der Waals surface area contributed by atoms with Crippen LogP contribution in [0.2, 0.25) is 0 Å². The number of aromatic hydroxyl groups is 1. The van der Waals surface area contributed by atoms with Crippen molar-refractivity contribution in [1.29, 1.82) is 0 Å². The van der Waals surface area contributed by atoms with E-state index in [2.05, 4.69) is 25.8 Å². The molecular formula is C18H14N6O2S. The zero-order valence-electron chi connectivity index (χ0n) is 14.0. The molecule has 0 aliphatic carbocycles. The zero-order valence-corrected chi connectivity index (χ0v) is 14.8. The first-order chi connectivity index (χ1) is 13.2. The van der Waals surface area contributed by atoms with Gasteiger partial charge >= 0.3 is 0 Å². The van der Waals surface area contributed by atoms with Gasteiger partial charge in [-0.3, -0.25) is 10.1 Å². The van der Waals surface area contributed by atoms with Gasteiger partial charge in [0.15, 0.2) is 5.13 Å². The Kier molecular flexibility index (Phi) is 4.58. The summed E-state index contributed by atoms with van der Waals surface area (Å²) in [6, 6.07) is 14.6. The highest BCUT2D eigenvalue weighted by molar-refractivity contribution is 7.15. The van der Waals surface area contributed by atoms with Gasteiger partial charge in [0, 0.05) is 23.6 Å². The molecule has 0 unspecified atom stereocenters. The fourth-order valence-electron chi connectivity index (χ4n) is 2.54. The number of rotatable bonds is 5. The molecule has 0 bridgehead atoms. The van der Waals surface area contributed by atoms with Gasteiger partial charge in [0.25, 0.3) is 5.91 Å². The number of thiazole rings is 1. The molecule has 1 amide bonds. The van der Waals surface area contributed by atoms with E-state index in [1.54, 1.807) is 12.3 Å². The molecule has 0 saturated carbocycles. The monoisotopic (exact) mass is 378 g/mol. The zero-order chi connectivity index (χ0) is 18.6. The van der Waals surface area contributed by atoms with E-state index < -0.39 is 5.91 Å². The molecule has 27 heavy (non-hydrogen) atoms. The smallest absolute Gasteiger partial charge is 0.261 e. The molecule has 9 heteroatoms. The summed E-state index contributed by atoms with van der Waals surface area (Å²) in [6.07, 6.45) is 3.90. The van der Waals surface area contributed by atoms with E-state index in [1.807, 2.05) is 30.3 Å². The van der Waals surface area contributed by atoms with Crippen molar-refractivity contribution in [3.05, 3.63) is 77.1 Å². The first kappa shape index (κ1) is 16.9. The average Bonchev–Trinajstić information content (AvgIpc) is 3.35. The van der Waals surface area contributed by atoms with Crippen molar-refractivity contribution in [1.82, 2.24) is 25.2 Å². The Balaban J connectivity index is 1.46. The van der Waals surface area contributed by atoms with E-state index in [1.165, 1.54) is 40.0 Å². The van der Waals surface area contributed by atoms with Crippen LogP contribution in [0.25, 0.3) is 5.69 Å². The second kappa shape index (κ2) is 7.34. The van der Waals surface area contributed by atoms with Crippen molar-refractivity contribution in [2.75, 3.05) is 5.32 Å². The van der Waals surface area contributed by atoms with Gasteiger partial charge in [-0.05, 0) is 28.1 Å². The van der Waals surface area contributed by atoms with Gasteiger partial charge in [-0.25, -0.2) is 9.67 Å². The number of hydrogen-bond acceptors (Lipinski definition) is 7. The Morgan fingerprint density at radius 3 is 2.78 bits per heavy atom. The molecule has 0 spiro atoms. The predicted octanol–water partition coefficient (Wildman–Crippen LogP) is 2.67. The molecule has 2 aromatic heterocycles. The van der Waals surface area contributed by atoms with Crippen molar-refractivity contribution >= 4 is 22.4 Å². The second-order valence-corrected chi connectivity index (χ2v) is 6.82. The Labute approximate surface area is 158 Å². The number of benzene rings is 2. The molecule has 0 aliphatic rings. The maximum absolute atomic E-state index is 12.4. The summed E-state index contributed by atoms with van der Waals surface area (Å²) in [5.74, 6) is -0.599. The maximum Gasteiger partial charge on any atom is 0.261 e. The molecule has 0 fully saturated rings. The van der Waals surface area contributed by atoms with Crippen molar-refractivity contribution in [3.8, 4) is 11.4 Å². The molecule has 0 radical (unpaired) electrons. The van der Waals surface area contributed by atoms with Crippen LogP contribution < -0.4 is 5.32 Å². The molecule has 2 N–H and O–H groups in total. The first-order valence-electron chi connectivity index (χ1n) is 8.05. The molecule has 0 aliphatic heterocycles. The fraction of sp³-hybridized carbons (Fsp3) is 0.0556. The number of nitrogens with one attached hydrogen (secondary N) is 1. The lowest BCUT2D eigenvalue weighted by Crippen LogP contribution is -2.12. The van der Waals surface area contributed by atoms with E-state index in [0.717, 1.165) is 11.3 Å². The van der Waals surface area contributed by atoms with Crippen molar-refractivity contribution < 1.29 is 9.90 Å². The van der Waals surface area contributed by atoms with E-state index >= 15 is 0 Å². The van der Waals surface area contributed by atoms with E-state index in [0.29, 0.717) is 10.8 Å². The summed E-state index contributed by atoms with van der Waals surface area (Å²) in [4.78, 5) is 17.7. The van der Waals surface area contributed by atoms with Gasteiger partial charge in [0.2, 0.25) is 0 Å². The van der Waals surface area contributed by atoms with Crippen LogP contribution in [0.4, 0.5) is 5.13 Å². The summed E-state index contributed by atoms with van der Waals surface area (Å²) in [5.41, 5.74) is 1.87. The Bertz CT molecular complexity index is 1060. The minimum absolute atomic E-state index is 0.145. The highest BCUT2D eigenvalue weighted by Crippen LogP contribution is 2.25. The summed E-state index contributed by atoms with van der Waals surface area (Å²) < 4.78 is 1.39. The van der Waals surface area contributed by atoms with Crippen LogP contribution in [0.15, 0.2) is 61.1 Å². The number of phenols is 1. The van der Waals surface area contributed by atoms with Crippen LogP contribution in [-0.2, 0) is 6.42 Å². The Hall–Kier alpha value is -3.59. The number of hydrogen-bond donors (Lipinski definition) is 2. The highest BCUT2D eigenvalue weighted by atomic mass is 32.1. The highest BCUT2D eigenvalue weighted by Gasteiger charge is 2.14. The normalized spacial score (nSPS) is 10.7. The van der Waals surface area contributed by atoms with Crippen molar-refractivity contribution in [2.24, 2.45) is 0 Å². The molecule has 0 saturated heterocycles. The number of carbonyl (C=O) groups is 1. The summed E-state index contributed by atoms with van der Waals surface area (Å²) >= 11 is 1.40. The molecule has 2 heterocycles. The molecule has 134 valence electrons. The van der Waals surface area contributed by atoms with E-state index in [9.17, 15) is 9.90 Å². The molecule has 0 atom stereocenters. The number of tetrazole rings is 1. The summed E-state index contributed by atoms with van der Waals surface area (Å²) in [7, 11) is 0. The van der Waals surface area contributed by atoms with Crippen LogP contribution >= 0.6 is 11.3 Å². The van der Waals surface area contributed by atoms with Gasteiger partial charge in [-0.1, -0.05) is 30.3 Å². The summed E-state index contributed by atoms with van der Waals surface area (Å²) in [6.45, 7) is 0. The standard InChI is InChI=1S/C18H14N6O2S/c25-16-9-13(24-11-20-22-23-24)6-7-15(16)17(26)21-18-19-10-14(27-18)8-12-4-2-1-3-5-12/h1-7,9-11,25H,8H2,(H,19,21,26). The maximum atomic E-state index is 12.4. The van der Waals surface area contributed by atoms with Crippen LogP contribution in [0.3, 0.4) is 0 Å². The van der Waals surface area contributed by atoms with Gasteiger partial charge in [0.05, 0.1) is 11.3 Å².